The van der Waals surface area contributed by atoms with Crippen LogP contribution in [-0.4, -0.2) is 33.9 Å². The molecule has 0 atom stereocenters. The molecule has 104 valence electrons. The molecule has 6 nitrogen and oxygen atoms in total. The highest BCUT2D eigenvalue weighted by atomic mass is 16.2. The minimum Gasteiger partial charge on any atom is -0.337 e. The number of hydrogen-bond acceptors (Lipinski definition) is 5. The van der Waals surface area contributed by atoms with E-state index in [4.69, 9.17) is 5.84 Å². The van der Waals surface area contributed by atoms with Gasteiger partial charge in [0, 0.05) is 13.1 Å². The van der Waals surface area contributed by atoms with Crippen LogP contribution in [0.1, 0.15) is 43.1 Å². The third-order valence-electron chi connectivity index (χ3n) is 3.85. The summed E-state index contributed by atoms with van der Waals surface area (Å²) in [5.41, 5.74) is 2.73. The summed E-state index contributed by atoms with van der Waals surface area (Å²) in [5.74, 6) is 6.35. The van der Waals surface area contributed by atoms with E-state index in [0.717, 1.165) is 18.8 Å². The van der Waals surface area contributed by atoms with Crippen molar-refractivity contribution >= 4 is 11.7 Å². The number of carbonyl (C=O) groups excluding carboxylic acids is 1. The zero-order chi connectivity index (χ0) is 13.8. The maximum absolute atomic E-state index is 12.3. The van der Waals surface area contributed by atoms with Gasteiger partial charge in [-0.1, -0.05) is 6.92 Å². The Morgan fingerprint density at radius 1 is 1.37 bits per heavy atom. The van der Waals surface area contributed by atoms with E-state index < -0.39 is 0 Å². The highest BCUT2D eigenvalue weighted by Gasteiger charge is 2.26. The van der Waals surface area contributed by atoms with Crippen molar-refractivity contribution in [1.29, 1.82) is 0 Å². The van der Waals surface area contributed by atoms with Crippen molar-refractivity contribution in [2.24, 2.45) is 11.8 Å². The smallest absolute Gasteiger partial charge is 0.274 e. The maximum Gasteiger partial charge on any atom is 0.274 e. The van der Waals surface area contributed by atoms with Crippen LogP contribution in [0.2, 0.25) is 0 Å². The topological polar surface area (TPSA) is 84.1 Å². The van der Waals surface area contributed by atoms with Gasteiger partial charge in [0.05, 0.1) is 12.4 Å². The fourth-order valence-electron chi connectivity index (χ4n) is 2.51. The van der Waals surface area contributed by atoms with Crippen LogP contribution in [0.25, 0.3) is 0 Å². The van der Waals surface area contributed by atoms with Gasteiger partial charge in [-0.3, -0.25) is 9.78 Å². The van der Waals surface area contributed by atoms with Crippen LogP contribution in [0.5, 0.6) is 0 Å². The second-order valence-electron chi connectivity index (χ2n) is 5.26. The molecule has 2 rings (SSSR count). The first-order chi connectivity index (χ1) is 9.11. The Hall–Kier alpha value is -1.69. The summed E-state index contributed by atoms with van der Waals surface area (Å²) in [6.45, 7) is 2.26. The van der Waals surface area contributed by atoms with Crippen molar-refractivity contribution in [3.05, 3.63) is 18.1 Å². The molecule has 6 heteroatoms. The SMILES string of the molecule is CC1CCC(N(C)C(=O)c2cncc(NN)n2)CC1. The zero-order valence-electron chi connectivity index (χ0n) is 11.5. The summed E-state index contributed by atoms with van der Waals surface area (Å²) in [5, 5.41) is 0. The molecule has 0 unspecified atom stereocenters. The second kappa shape index (κ2) is 5.97. The van der Waals surface area contributed by atoms with E-state index in [9.17, 15) is 4.79 Å². The van der Waals surface area contributed by atoms with Gasteiger partial charge in [0.2, 0.25) is 0 Å². The Kier molecular flexibility index (Phi) is 4.31. The van der Waals surface area contributed by atoms with Gasteiger partial charge in [0.25, 0.3) is 5.91 Å². The number of aromatic nitrogens is 2. The molecule has 0 aromatic carbocycles. The summed E-state index contributed by atoms with van der Waals surface area (Å²) in [4.78, 5) is 22.2. The van der Waals surface area contributed by atoms with E-state index in [1.807, 2.05) is 7.05 Å². The van der Waals surface area contributed by atoms with Crippen molar-refractivity contribution < 1.29 is 4.79 Å². The van der Waals surface area contributed by atoms with Crippen LogP contribution in [0.4, 0.5) is 5.82 Å². The van der Waals surface area contributed by atoms with Crippen molar-refractivity contribution in [3.8, 4) is 0 Å². The summed E-state index contributed by atoms with van der Waals surface area (Å²) < 4.78 is 0. The Morgan fingerprint density at radius 2 is 2.05 bits per heavy atom. The van der Waals surface area contributed by atoms with Gasteiger partial charge in [0.15, 0.2) is 5.82 Å². The summed E-state index contributed by atoms with van der Waals surface area (Å²) in [6.07, 6.45) is 7.44. The number of nitrogens with two attached hydrogens (primary N) is 1. The molecule has 3 N–H and O–H groups in total. The van der Waals surface area contributed by atoms with Gasteiger partial charge >= 0.3 is 0 Å². The summed E-state index contributed by atoms with van der Waals surface area (Å²) >= 11 is 0. The quantitative estimate of drug-likeness (QED) is 0.636. The average Bonchev–Trinajstić information content (AvgIpc) is 2.46. The molecule has 1 aromatic heterocycles. The number of carbonyl (C=O) groups is 1. The molecule has 1 fully saturated rings. The Morgan fingerprint density at radius 3 is 2.68 bits per heavy atom. The normalized spacial score (nSPS) is 22.9. The molecule has 0 aliphatic heterocycles. The predicted octanol–water partition coefficient (Wildman–Crippen LogP) is 1.41. The lowest BCUT2D eigenvalue weighted by Crippen LogP contribution is -2.39. The molecule has 1 aliphatic rings. The maximum atomic E-state index is 12.3. The summed E-state index contributed by atoms with van der Waals surface area (Å²) in [7, 11) is 1.84. The van der Waals surface area contributed by atoms with Crippen molar-refractivity contribution in [1.82, 2.24) is 14.9 Å². The molecular weight excluding hydrogens is 242 g/mol. The first kappa shape index (κ1) is 13.7. The van der Waals surface area contributed by atoms with E-state index in [0.29, 0.717) is 17.6 Å². The number of hydrogen-bond donors (Lipinski definition) is 2. The van der Waals surface area contributed by atoms with E-state index in [1.54, 1.807) is 4.90 Å². The van der Waals surface area contributed by atoms with Crippen molar-refractivity contribution in [2.75, 3.05) is 12.5 Å². The Bertz CT molecular complexity index is 442. The molecule has 1 aromatic rings. The monoisotopic (exact) mass is 263 g/mol. The molecule has 0 radical (unpaired) electrons. The van der Waals surface area contributed by atoms with Gasteiger partial charge in [-0.05, 0) is 31.6 Å². The largest absolute Gasteiger partial charge is 0.337 e. The molecule has 0 saturated heterocycles. The lowest BCUT2D eigenvalue weighted by Gasteiger charge is -2.33. The van der Waals surface area contributed by atoms with Crippen molar-refractivity contribution in [2.45, 2.75) is 38.6 Å². The van der Waals surface area contributed by atoms with E-state index in [2.05, 4.69) is 22.3 Å². The van der Waals surface area contributed by atoms with E-state index in [-0.39, 0.29) is 5.91 Å². The standard InChI is InChI=1S/C13H21N5O/c1-9-3-5-10(6-4-9)18(2)13(19)11-7-15-8-12(16-11)17-14/h7-10H,3-6,14H2,1-2H3,(H,16,17). The highest BCUT2D eigenvalue weighted by Crippen LogP contribution is 2.27. The van der Waals surface area contributed by atoms with E-state index in [1.165, 1.54) is 25.2 Å². The average molecular weight is 263 g/mol. The molecule has 0 spiro atoms. The second-order valence-corrected chi connectivity index (χ2v) is 5.26. The highest BCUT2D eigenvalue weighted by molar-refractivity contribution is 5.92. The number of anilines is 1. The number of nitrogens with zero attached hydrogens (tertiary/aromatic N) is 3. The Balaban J connectivity index is 2.05. The van der Waals surface area contributed by atoms with Gasteiger partial charge in [-0.15, -0.1) is 0 Å². The third kappa shape index (κ3) is 3.20. The molecular formula is C13H21N5O. The lowest BCUT2D eigenvalue weighted by molar-refractivity contribution is 0.0673. The number of hydrazine groups is 1. The minimum absolute atomic E-state index is 0.0934. The fourth-order valence-corrected chi connectivity index (χ4v) is 2.51. The molecule has 1 saturated carbocycles. The van der Waals surface area contributed by atoms with Crippen LogP contribution < -0.4 is 11.3 Å². The summed E-state index contributed by atoms with van der Waals surface area (Å²) in [6, 6.07) is 0.306. The minimum atomic E-state index is -0.0934. The molecule has 0 bridgehead atoms. The van der Waals surface area contributed by atoms with Crippen molar-refractivity contribution in [3.63, 3.8) is 0 Å². The Labute approximate surface area is 113 Å². The van der Waals surface area contributed by atoms with Crippen LogP contribution in [0.3, 0.4) is 0 Å². The third-order valence-corrected chi connectivity index (χ3v) is 3.85. The van der Waals surface area contributed by atoms with Crippen LogP contribution >= 0.6 is 0 Å². The lowest BCUT2D eigenvalue weighted by atomic mass is 9.86. The molecule has 19 heavy (non-hydrogen) atoms. The van der Waals surface area contributed by atoms with Crippen LogP contribution in [0, 0.1) is 5.92 Å². The molecule has 1 amide bonds. The zero-order valence-corrected chi connectivity index (χ0v) is 11.5. The van der Waals surface area contributed by atoms with Crippen LogP contribution in [-0.2, 0) is 0 Å². The predicted molar refractivity (Wildman–Crippen MR) is 73.4 cm³/mol. The van der Waals surface area contributed by atoms with Gasteiger partial charge < -0.3 is 10.3 Å². The number of nitrogens with one attached hydrogen (secondary N) is 1. The first-order valence-corrected chi connectivity index (χ1v) is 6.67. The molecule has 1 heterocycles. The van der Waals surface area contributed by atoms with Gasteiger partial charge in [0.1, 0.15) is 5.69 Å². The molecule has 1 aliphatic carbocycles. The fraction of sp³-hybridized carbons (Fsp3) is 0.615. The van der Waals surface area contributed by atoms with Gasteiger partial charge in [-0.25, -0.2) is 10.8 Å². The first-order valence-electron chi connectivity index (χ1n) is 6.67. The number of nitrogen functional groups attached to an aromatic ring is 1. The number of amides is 1. The van der Waals surface area contributed by atoms with Gasteiger partial charge in [-0.2, -0.15) is 0 Å². The van der Waals surface area contributed by atoms with Crippen LogP contribution in [0.15, 0.2) is 12.4 Å². The van der Waals surface area contributed by atoms with E-state index >= 15 is 0 Å². The number of rotatable bonds is 3.